The van der Waals surface area contributed by atoms with E-state index in [2.05, 4.69) is 21.9 Å². The molecule has 138 valence electrons. The molecule has 0 aliphatic heterocycles. The summed E-state index contributed by atoms with van der Waals surface area (Å²) < 4.78 is 1.58. The van der Waals surface area contributed by atoms with Crippen LogP contribution in [-0.2, 0) is 6.42 Å². The Labute approximate surface area is 158 Å². The summed E-state index contributed by atoms with van der Waals surface area (Å²) in [5.74, 6) is 6.00. The average molecular weight is 362 g/mol. The molecule has 1 N–H and O–H groups in total. The Bertz CT molecular complexity index is 970. The molecular formula is C21H22N4O2. The molecule has 2 aromatic heterocycles. The first-order chi connectivity index (χ1) is 13.2. The molecule has 0 bridgehead atoms. The summed E-state index contributed by atoms with van der Waals surface area (Å²) in [6, 6.07) is 11.4. The normalized spacial score (nSPS) is 10.4. The van der Waals surface area contributed by atoms with Gasteiger partial charge in [0.05, 0.1) is 6.54 Å². The highest BCUT2D eigenvalue weighted by Crippen LogP contribution is 2.09. The lowest BCUT2D eigenvalue weighted by atomic mass is 10.2. The molecule has 6 nitrogen and oxygen atoms in total. The third kappa shape index (κ3) is 4.72. The van der Waals surface area contributed by atoms with Crippen molar-refractivity contribution >= 4 is 11.6 Å². The van der Waals surface area contributed by atoms with Crippen molar-refractivity contribution in [1.29, 1.82) is 0 Å². The fraction of sp³-hybridized carbons (Fsp3) is 0.286. The van der Waals surface area contributed by atoms with Crippen molar-refractivity contribution in [3.05, 3.63) is 65.6 Å². The lowest BCUT2D eigenvalue weighted by Crippen LogP contribution is -2.32. The second-order valence-electron chi connectivity index (χ2n) is 6.16. The van der Waals surface area contributed by atoms with E-state index < -0.39 is 0 Å². The fourth-order valence-electron chi connectivity index (χ4n) is 2.72. The number of aliphatic hydroxyl groups excluding tert-OH is 1. The molecule has 0 radical (unpaired) electrons. The number of carbonyl (C=O) groups is 1. The van der Waals surface area contributed by atoms with Crippen molar-refractivity contribution in [3.63, 3.8) is 0 Å². The minimum atomic E-state index is -0.159. The van der Waals surface area contributed by atoms with E-state index in [4.69, 9.17) is 5.11 Å². The zero-order chi connectivity index (χ0) is 19.1. The van der Waals surface area contributed by atoms with Crippen LogP contribution in [-0.4, -0.2) is 50.2 Å². The van der Waals surface area contributed by atoms with Crippen molar-refractivity contribution in [3.8, 4) is 11.8 Å². The first-order valence-corrected chi connectivity index (χ1v) is 8.99. The van der Waals surface area contributed by atoms with Crippen LogP contribution in [0.1, 0.15) is 35.0 Å². The molecule has 0 aliphatic carbocycles. The van der Waals surface area contributed by atoms with E-state index >= 15 is 0 Å². The van der Waals surface area contributed by atoms with E-state index in [9.17, 15) is 4.79 Å². The maximum Gasteiger partial charge on any atom is 0.275 e. The van der Waals surface area contributed by atoms with Crippen LogP contribution in [0.4, 0.5) is 0 Å². The van der Waals surface area contributed by atoms with Gasteiger partial charge in [-0.3, -0.25) is 4.79 Å². The van der Waals surface area contributed by atoms with Gasteiger partial charge in [-0.05, 0) is 30.5 Å². The molecule has 3 aromatic rings. The molecule has 1 aromatic carbocycles. The maximum absolute atomic E-state index is 12.9. The van der Waals surface area contributed by atoms with Gasteiger partial charge < -0.3 is 10.0 Å². The minimum Gasteiger partial charge on any atom is -0.396 e. The Hall–Kier alpha value is -3.17. The summed E-state index contributed by atoms with van der Waals surface area (Å²) in [5, 5.41) is 13.4. The molecule has 3 rings (SSSR count). The first-order valence-electron chi connectivity index (χ1n) is 8.99. The average Bonchev–Trinajstić information content (AvgIpc) is 3.11. The number of hydrogen-bond acceptors (Lipinski definition) is 4. The van der Waals surface area contributed by atoms with Crippen molar-refractivity contribution in [2.45, 2.75) is 19.8 Å². The Morgan fingerprint density at radius 3 is 2.85 bits per heavy atom. The largest absolute Gasteiger partial charge is 0.396 e. The number of benzene rings is 1. The monoisotopic (exact) mass is 362 g/mol. The molecule has 0 fully saturated rings. The number of aromatic nitrogens is 3. The second kappa shape index (κ2) is 8.97. The zero-order valence-corrected chi connectivity index (χ0v) is 15.3. The molecule has 0 saturated heterocycles. The van der Waals surface area contributed by atoms with Gasteiger partial charge in [0.25, 0.3) is 5.91 Å². The molecule has 6 heteroatoms. The molecule has 0 aliphatic rings. The van der Waals surface area contributed by atoms with E-state index in [0.29, 0.717) is 30.9 Å². The number of hydrogen-bond donors (Lipinski definition) is 1. The molecule has 0 atom stereocenters. The van der Waals surface area contributed by atoms with Crippen molar-refractivity contribution in [1.82, 2.24) is 19.5 Å². The van der Waals surface area contributed by atoms with Crippen LogP contribution in [0.2, 0.25) is 0 Å². The molecule has 0 unspecified atom stereocenters. The molecule has 2 heterocycles. The summed E-state index contributed by atoms with van der Waals surface area (Å²) in [7, 11) is 0. The minimum absolute atomic E-state index is 0.0462. The maximum atomic E-state index is 12.9. The molecule has 27 heavy (non-hydrogen) atoms. The number of rotatable bonds is 6. The molecule has 1 amide bonds. The van der Waals surface area contributed by atoms with E-state index in [-0.39, 0.29) is 12.5 Å². The van der Waals surface area contributed by atoms with Crippen LogP contribution in [0.5, 0.6) is 0 Å². The van der Waals surface area contributed by atoms with Crippen LogP contribution in [0.15, 0.2) is 48.8 Å². The lowest BCUT2D eigenvalue weighted by Gasteiger charge is -2.17. The van der Waals surface area contributed by atoms with Crippen LogP contribution < -0.4 is 0 Å². The first kappa shape index (κ1) is 18.6. The van der Waals surface area contributed by atoms with E-state index in [1.807, 2.05) is 37.3 Å². The second-order valence-corrected chi connectivity index (χ2v) is 6.16. The predicted octanol–water partition coefficient (Wildman–Crippen LogP) is 2.17. The van der Waals surface area contributed by atoms with Gasteiger partial charge in [-0.15, -0.1) is 0 Å². The quantitative estimate of drug-likeness (QED) is 0.682. The summed E-state index contributed by atoms with van der Waals surface area (Å²) >= 11 is 0. The third-order valence-corrected chi connectivity index (χ3v) is 4.04. The van der Waals surface area contributed by atoms with Gasteiger partial charge in [0.15, 0.2) is 11.3 Å². The van der Waals surface area contributed by atoms with Gasteiger partial charge >= 0.3 is 0 Å². The van der Waals surface area contributed by atoms with Crippen LogP contribution in [0.25, 0.3) is 5.65 Å². The summed E-state index contributed by atoms with van der Waals surface area (Å²) in [4.78, 5) is 18.9. The van der Waals surface area contributed by atoms with Crippen LogP contribution in [0.3, 0.4) is 0 Å². The molecule has 0 saturated carbocycles. The molecule has 0 spiro atoms. The number of fused-ring (bicyclic) bond motifs is 1. The highest BCUT2D eigenvalue weighted by atomic mass is 16.3. The Balaban J connectivity index is 1.78. The summed E-state index contributed by atoms with van der Waals surface area (Å²) in [6.45, 7) is 3.03. The topological polar surface area (TPSA) is 70.7 Å². The number of aliphatic hydroxyl groups is 1. The van der Waals surface area contributed by atoms with Crippen LogP contribution in [0, 0.1) is 11.8 Å². The SMILES string of the molecule is CCCN(CC#Cc1ccccc1)C(=O)c1cc2ncc(CCO)cn2n1. The van der Waals surface area contributed by atoms with Gasteiger partial charge in [-0.2, -0.15) is 5.10 Å². The number of carbonyl (C=O) groups excluding carboxylic acids is 1. The number of amides is 1. The Morgan fingerprint density at radius 2 is 2.11 bits per heavy atom. The van der Waals surface area contributed by atoms with E-state index in [1.165, 1.54) is 0 Å². The van der Waals surface area contributed by atoms with E-state index in [1.54, 1.807) is 27.9 Å². The van der Waals surface area contributed by atoms with Gasteiger partial charge in [-0.25, -0.2) is 9.50 Å². The van der Waals surface area contributed by atoms with Crippen molar-refractivity contribution < 1.29 is 9.90 Å². The lowest BCUT2D eigenvalue weighted by molar-refractivity contribution is 0.0770. The standard InChI is InChI=1S/C21H22N4O2/c1-2-11-24(12-6-9-17-7-4-3-5-8-17)21(27)19-14-20-22-15-18(10-13-26)16-25(20)23-19/h3-5,7-8,14-16,26H,2,10-13H2,1H3. The number of nitrogens with zero attached hydrogens (tertiary/aromatic N) is 4. The van der Waals surface area contributed by atoms with Gasteiger partial charge in [0, 0.05) is 37.2 Å². The van der Waals surface area contributed by atoms with Gasteiger partial charge in [0.1, 0.15) is 0 Å². The van der Waals surface area contributed by atoms with Gasteiger partial charge in [0.2, 0.25) is 0 Å². The predicted molar refractivity (Wildman–Crippen MR) is 103 cm³/mol. The molecular weight excluding hydrogens is 340 g/mol. The van der Waals surface area contributed by atoms with Gasteiger partial charge in [-0.1, -0.05) is 37.0 Å². The smallest absolute Gasteiger partial charge is 0.275 e. The third-order valence-electron chi connectivity index (χ3n) is 4.04. The summed E-state index contributed by atoms with van der Waals surface area (Å²) in [5.41, 5.74) is 2.74. The van der Waals surface area contributed by atoms with Crippen molar-refractivity contribution in [2.24, 2.45) is 0 Å². The van der Waals surface area contributed by atoms with E-state index in [0.717, 1.165) is 17.5 Å². The summed E-state index contributed by atoms with van der Waals surface area (Å²) in [6.07, 6.45) is 4.82. The highest BCUT2D eigenvalue weighted by molar-refractivity contribution is 5.93. The van der Waals surface area contributed by atoms with Crippen molar-refractivity contribution in [2.75, 3.05) is 19.7 Å². The Morgan fingerprint density at radius 1 is 1.30 bits per heavy atom. The van der Waals surface area contributed by atoms with Crippen LogP contribution >= 0.6 is 0 Å². The zero-order valence-electron chi connectivity index (χ0n) is 15.3. The fourth-order valence-corrected chi connectivity index (χ4v) is 2.72. The highest BCUT2D eigenvalue weighted by Gasteiger charge is 2.18. The Kier molecular flexibility index (Phi) is 6.18.